The van der Waals surface area contributed by atoms with Gasteiger partial charge in [-0.2, -0.15) is 4.99 Å². The van der Waals surface area contributed by atoms with Crippen molar-refractivity contribution in [3.8, 4) is 0 Å². The van der Waals surface area contributed by atoms with E-state index in [9.17, 15) is 0 Å². The summed E-state index contributed by atoms with van der Waals surface area (Å²) in [4.78, 5) is 9.47. The molecule has 3 nitrogen and oxygen atoms in total. The van der Waals surface area contributed by atoms with Gasteiger partial charge in [-0.15, -0.1) is 0 Å². The second kappa shape index (κ2) is 6.75. The molecule has 0 N–H and O–H groups in total. The van der Waals surface area contributed by atoms with E-state index in [2.05, 4.69) is 36.2 Å². The van der Waals surface area contributed by atoms with Crippen LogP contribution in [0.5, 0.6) is 0 Å². The lowest BCUT2D eigenvalue weighted by Crippen LogP contribution is -2.35. The fourth-order valence-corrected chi connectivity index (χ4v) is 2.38. The van der Waals surface area contributed by atoms with Gasteiger partial charge in [0.25, 0.3) is 0 Å². The Balaban J connectivity index is 2.76. The molecule has 5 heteroatoms. The van der Waals surface area contributed by atoms with Crippen LogP contribution in [0.15, 0.2) is 34.2 Å². The first-order chi connectivity index (χ1) is 8.40. The standard InChI is InChI=1S/C13H19N3S2/c1-10-6-8-11(9-7-10)18-13(17)14-12(15(2)3)16(4)5/h6-9H,1-5H3. The van der Waals surface area contributed by atoms with Crippen molar-refractivity contribution in [3.05, 3.63) is 29.8 Å². The molecule has 0 heterocycles. The monoisotopic (exact) mass is 281 g/mol. The summed E-state index contributed by atoms with van der Waals surface area (Å²) < 4.78 is 0.622. The lowest BCUT2D eigenvalue weighted by atomic mass is 10.2. The second-order valence-corrected chi connectivity index (χ2v) is 6.09. The number of rotatable bonds is 1. The van der Waals surface area contributed by atoms with Gasteiger partial charge >= 0.3 is 0 Å². The topological polar surface area (TPSA) is 18.8 Å². The van der Waals surface area contributed by atoms with E-state index in [1.807, 2.05) is 38.0 Å². The molecule has 0 aromatic heterocycles. The molecule has 1 rings (SSSR count). The zero-order valence-corrected chi connectivity index (χ0v) is 13.1. The summed E-state index contributed by atoms with van der Waals surface area (Å²) >= 11 is 6.81. The zero-order valence-electron chi connectivity index (χ0n) is 11.5. The Labute approximate surface area is 119 Å². The first-order valence-corrected chi connectivity index (χ1v) is 6.84. The van der Waals surface area contributed by atoms with E-state index in [1.165, 1.54) is 17.3 Å². The molecule has 0 aliphatic heterocycles. The number of aryl methyl sites for hydroxylation is 1. The first kappa shape index (κ1) is 15.0. The van der Waals surface area contributed by atoms with Crippen LogP contribution in [0.3, 0.4) is 0 Å². The molecule has 18 heavy (non-hydrogen) atoms. The summed E-state index contributed by atoms with van der Waals surface area (Å²) in [5.41, 5.74) is 1.25. The van der Waals surface area contributed by atoms with Crippen molar-refractivity contribution < 1.29 is 0 Å². The van der Waals surface area contributed by atoms with Crippen molar-refractivity contribution in [3.63, 3.8) is 0 Å². The minimum Gasteiger partial charge on any atom is -0.349 e. The van der Waals surface area contributed by atoms with E-state index >= 15 is 0 Å². The SMILES string of the molecule is Cc1ccc(SC(=S)N=C(N(C)C)N(C)C)cc1. The number of nitrogens with zero attached hydrogens (tertiary/aromatic N) is 3. The molecule has 0 aliphatic carbocycles. The quantitative estimate of drug-likeness (QED) is 0.341. The van der Waals surface area contributed by atoms with Crippen molar-refractivity contribution in [1.82, 2.24) is 9.80 Å². The molecule has 1 aromatic carbocycles. The van der Waals surface area contributed by atoms with Crippen LogP contribution < -0.4 is 0 Å². The predicted octanol–water partition coefficient (Wildman–Crippen LogP) is 2.85. The van der Waals surface area contributed by atoms with Gasteiger partial charge in [-0.05, 0) is 31.3 Å². The Kier molecular flexibility index (Phi) is 5.62. The molecule has 0 unspecified atom stereocenters. The molecule has 0 saturated carbocycles. The van der Waals surface area contributed by atoms with Gasteiger partial charge in [0.05, 0.1) is 0 Å². The Bertz CT molecular complexity index is 426. The fraction of sp³-hybridized carbons (Fsp3) is 0.385. The molecular weight excluding hydrogens is 262 g/mol. The lowest BCUT2D eigenvalue weighted by Gasteiger charge is -2.22. The maximum atomic E-state index is 5.31. The third-order valence-corrected chi connectivity index (χ3v) is 3.33. The van der Waals surface area contributed by atoms with Crippen LogP contribution >= 0.6 is 24.0 Å². The van der Waals surface area contributed by atoms with Crippen molar-refractivity contribution >= 4 is 34.3 Å². The fourth-order valence-electron chi connectivity index (χ4n) is 1.41. The number of hydrogen-bond donors (Lipinski definition) is 0. The third-order valence-electron chi connectivity index (χ3n) is 2.22. The predicted molar refractivity (Wildman–Crippen MR) is 84.4 cm³/mol. The molecule has 98 valence electrons. The highest BCUT2D eigenvalue weighted by Crippen LogP contribution is 2.21. The van der Waals surface area contributed by atoms with Crippen LogP contribution in [0.25, 0.3) is 0 Å². The summed E-state index contributed by atoms with van der Waals surface area (Å²) in [7, 11) is 7.83. The van der Waals surface area contributed by atoms with Gasteiger partial charge in [0, 0.05) is 33.1 Å². The number of aliphatic imine (C=N–C) groups is 1. The summed E-state index contributed by atoms with van der Waals surface area (Å²) in [5.74, 6) is 0.847. The molecule has 0 aliphatic rings. The lowest BCUT2D eigenvalue weighted by molar-refractivity contribution is 0.485. The molecule has 0 amide bonds. The van der Waals surface area contributed by atoms with E-state index in [0.29, 0.717) is 4.32 Å². The van der Waals surface area contributed by atoms with Gasteiger partial charge < -0.3 is 9.80 Å². The molecule has 0 saturated heterocycles. The molecule has 0 radical (unpaired) electrons. The summed E-state index contributed by atoms with van der Waals surface area (Å²) in [6.07, 6.45) is 0. The molecule has 0 spiro atoms. The smallest absolute Gasteiger partial charge is 0.202 e. The van der Waals surface area contributed by atoms with Crippen molar-refractivity contribution in [2.75, 3.05) is 28.2 Å². The second-order valence-electron chi connectivity index (χ2n) is 4.38. The van der Waals surface area contributed by atoms with Gasteiger partial charge in [0.15, 0.2) is 4.32 Å². The normalized spacial score (nSPS) is 9.83. The zero-order chi connectivity index (χ0) is 13.7. The number of hydrogen-bond acceptors (Lipinski definition) is 2. The third kappa shape index (κ3) is 4.66. The maximum Gasteiger partial charge on any atom is 0.202 e. The average Bonchev–Trinajstić information content (AvgIpc) is 2.28. The van der Waals surface area contributed by atoms with Gasteiger partial charge in [-0.25, -0.2) is 0 Å². The van der Waals surface area contributed by atoms with Crippen molar-refractivity contribution in [2.24, 2.45) is 4.99 Å². The van der Waals surface area contributed by atoms with E-state index in [0.717, 1.165) is 10.9 Å². The van der Waals surface area contributed by atoms with Crippen molar-refractivity contribution in [1.29, 1.82) is 0 Å². The highest BCUT2D eigenvalue weighted by atomic mass is 32.2. The van der Waals surface area contributed by atoms with Gasteiger partial charge in [-0.3, -0.25) is 0 Å². The Hall–Kier alpha value is -1.07. The number of thiocarbonyl (C=S) groups is 1. The number of guanidine groups is 1. The van der Waals surface area contributed by atoms with Crippen LogP contribution in [0, 0.1) is 6.92 Å². The van der Waals surface area contributed by atoms with E-state index in [1.54, 1.807) is 0 Å². The molecule has 0 bridgehead atoms. The Morgan fingerprint density at radius 3 is 2.00 bits per heavy atom. The Morgan fingerprint density at radius 2 is 1.56 bits per heavy atom. The summed E-state index contributed by atoms with van der Waals surface area (Å²) in [6, 6.07) is 8.28. The summed E-state index contributed by atoms with van der Waals surface area (Å²) in [6.45, 7) is 2.07. The van der Waals surface area contributed by atoms with E-state index in [-0.39, 0.29) is 0 Å². The number of thioether (sulfide) groups is 1. The Morgan fingerprint density at radius 1 is 1.06 bits per heavy atom. The van der Waals surface area contributed by atoms with Crippen molar-refractivity contribution in [2.45, 2.75) is 11.8 Å². The van der Waals surface area contributed by atoms with Crippen LogP contribution in [0.4, 0.5) is 0 Å². The first-order valence-electron chi connectivity index (χ1n) is 5.62. The van der Waals surface area contributed by atoms with Gasteiger partial charge in [0.1, 0.15) is 0 Å². The van der Waals surface area contributed by atoms with Crippen LogP contribution in [0.1, 0.15) is 5.56 Å². The maximum absolute atomic E-state index is 5.31. The molecule has 1 aromatic rings. The van der Waals surface area contributed by atoms with E-state index < -0.39 is 0 Å². The van der Waals surface area contributed by atoms with Gasteiger partial charge in [0.2, 0.25) is 5.96 Å². The molecule has 0 fully saturated rings. The minimum atomic E-state index is 0.622. The van der Waals surface area contributed by atoms with E-state index in [4.69, 9.17) is 12.2 Å². The largest absolute Gasteiger partial charge is 0.349 e. The van der Waals surface area contributed by atoms with Crippen LogP contribution in [-0.4, -0.2) is 48.3 Å². The van der Waals surface area contributed by atoms with Gasteiger partial charge in [-0.1, -0.05) is 29.5 Å². The highest BCUT2D eigenvalue weighted by molar-refractivity contribution is 8.23. The van der Waals surface area contributed by atoms with Crippen LogP contribution in [-0.2, 0) is 0 Å². The summed E-state index contributed by atoms with van der Waals surface area (Å²) in [5, 5.41) is 0. The average molecular weight is 281 g/mol. The highest BCUT2D eigenvalue weighted by Gasteiger charge is 2.07. The minimum absolute atomic E-state index is 0.622. The molecule has 0 atom stereocenters. The van der Waals surface area contributed by atoms with Crippen LogP contribution in [0.2, 0.25) is 0 Å². The number of benzene rings is 1. The molecular formula is C13H19N3S2.